The van der Waals surface area contributed by atoms with Gasteiger partial charge in [0.1, 0.15) is 11.4 Å². The number of carbonyl (C=O) groups excluding carboxylic acids is 1. The van der Waals surface area contributed by atoms with E-state index in [4.69, 9.17) is 9.47 Å². The van der Waals surface area contributed by atoms with Crippen molar-refractivity contribution < 1.29 is 14.3 Å². The Kier molecular flexibility index (Phi) is 3.20. The van der Waals surface area contributed by atoms with Crippen molar-refractivity contribution in [2.24, 2.45) is 0 Å². The molecule has 1 fully saturated rings. The number of allylic oxidation sites excluding steroid dienone is 1. The monoisotopic (exact) mass is 312 g/mol. The van der Waals surface area contributed by atoms with E-state index < -0.39 is 5.60 Å². The SMILES string of the molecule is CC1(C)O/C(=C2/C(=O)Nc3ccccc32)C=C1N1CCOCC1. The smallest absolute Gasteiger partial charge is 0.260 e. The third kappa shape index (κ3) is 2.32. The summed E-state index contributed by atoms with van der Waals surface area (Å²) >= 11 is 0. The Morgan fingerprint density at radius 2 is 1.91 bits per heavy atom. The second kappa shape index (κ2) is 5.13. The number of nitrogens with zero attached hydrogens (tertiary/aromatic N) is 1. The van der Waals surface area contributed by atoms with Gasteiger partial charge >= 0.3 is 0 Å². The number of anilines is 1. The van der Waals surface area contributed by atoms with Gasteiger partial charge in [0.15, 0.2) is 0 Å². The molecule has 0 atom stereocenters. The van der Waals surface area contributed by atoms with E-state index in [1.54, 1.807) is 0 Å². The summed E-state index contributed by atoms with van der Waals surface area (Å²) in [7, 11) is 0. The van der Waals surface area contributed by atoms with Crippen LogP contribution >= 0.6 is 0 Å². The van der Waals surface area contributed by atoms with Crippen molar-refractivity contribution in [3.8, 4) is 0 Å². The van der Waals surface area contributed by atoms with Gasteiger partial charge in [-0.1, -0.05) is 18.2 Å². The van der Waals surface area contributed by atoms with Crippen LogP contribution in [0.2, 0.25) is 0 Å². The lowest BCUT2D eigenvalue weighted by Gasteiger charge is -2.35. The predicted octanol–water partition coefficient (Wildman–Crippen LogP) is 2.37. The van der Waals surface area contributed by atoms with E-state index in [1.165, 1.54) is 0 Å². The first-order valence-corrected chi connectivity index (χ1v) is 7.95. The van der Waals surface area contributed by atoms with Gasteiger partial charge in [0.05, 0.1) is 24.5 Å². The molecule has 120 valence electrons. The zero-order valence-electron chi connectivity index (χ0n) is 13.4. The molecule has 23 heavy (non-hydrogen) atoms. The topological polar surface area (TPSA) is 50.8 Å². The van der Waals surface area contributed by atoms with E-state index >= 15 is 0 Å². The Hall–Kier alpha value is -2.27. The van der Waals surface area contributed by atoms with E-state index in [2.05, 4.69) is 10.2 Å². The van der Waals surface area contributed by atoms with Gasteiger partial charge in [0, 0.05) is 30.4 Å². The van der Waals surface area contributed by atoms with Gasteiger partial charge in [0.25, 0.3) is 5.91 Å². The fourth-order valence-corrected chi connectivity index (χ4v) is 3.42. The van der Waals surface area contributed by atoms with Crippen LogP contribution in [0.15, 0.2) is 41.8 Å². The number of fused-ring (bicyclic) bond motifs is 1. The maximum absolute atomic E-state index is 12.4. The molecule has 1 aromatic carbocycles. The van der Waals surface area contributed by atoms with Gasteiger partial charge in [-0.3, -0.25) is 4.79 Å². The van der Waals surface area contributed by atoms with Gasteiger partial charge in [-0.2, -0.15) is 0 Å². The van der Waals surface area contributed by atoms with Crippen molar-refractivity contribution in [1.82, 2.24) is 4.90 Å². The molecule has 3 heterocycles. The summed E-state index contributed by atoms with van der Waals surface area (Å²) in [6.45, 7) is 7.24. The Labute approximate surface area is 135 Å². The largest absolute Gasteiger partial charge is 0.481 e. The number of carbonyl (C=O) groups is 1. The number of amides is 1. The number of hydrogen-bond acceptors (Lipinski definition) is 4. The fourth-order valence-electron chi connectivity index (χ4n) is 3.42. The molecule has 5 heteroatoms. The van der Waals surface area contributed by atoms with E-state index in [-0.39, 0.29) is 5.91 Å². The summed E-state index contributed by atoms with van der Waals surface area (Å²) in [6.07, 6.45) is 2.02. The molecular formula is C18H20N2O3. The first kappa shape index (κ1) is 14.3. The van der Waals surface area contributed by atoms with Crippen molar-refractivity contribution in [3.63, 3.8) is 0 Å². The molecule has 1 saturated heterocycles. The highest BCUT2D eigenvalue weighted by Crippen LogP contribution is 2.41. The van der Waals surface area contributed by atoms with E-state index in [0.29, 0.717) is 11.3 Å². The lowest BCUT2D eigenvalue weighted by Crippen LogP contribution is -2.41. The maximum atomic E-state index is 12.4. The van der Waals surface area contributed by atoms with Gasteiger partial charge in [0.2, 0.25) is 0 Å². The Morgan fingerprint density at radius 3 is 2.70 bits per heavy atom. The molecule has 0 unspecified atom stereocenters. The summed E-state index contributed by atoms with van der Waals surface area (Å²) in [4.78, 5) is 14.7. The molecular weight excluding hydrogens is 292 g/mol. The number of hydrogen-bond donors (Lipinski definition) is 1. The molecule has 0 aliphatic carbocycles. The summed E-state index contributed by atoms with van der Waals surface area (Å²) in [5.74, 6) is 0.551. The summed E-state index contributed by atoms with van der Waals surface area (Å²) in [5.41, 5.74) is 3.03. The van der Waals surface area contributed by atoms with Gasteiger partial charge in [-0.15, -0.1) is 0 Å². The quantitative estimate of drug-likeness (QED) is 0.809. The van der Waals surface area contributed by atoms with Crippen LogP contribution in [0.25, 0.3) is 5.57 Å². The number of rotatable bonds is 1. The van der Waals surface area contributed by atoms with Crippen molar-refractivity contribution in [2.75, 3.05) is 31.6 Å². The van der Waals surface area contributed by atoms with E-state index in [0.717, 1.165) is 43.3 Å². The van der Waals surface area contributed by atoms with E-state index in [1.807, 2.05) is 44.2 Å². The van der Waals surface area contributed by atoms with Crippen LogP contribution in [0.5, 0.6) is 0 Å². The van der Waals surface area contributed by atoms with Crippen molar-refractivity contribution >= 4 is 17.2 Å². The number of nitrogens with one attached hydrogen (secondary N) is 1. The van der Waals surface area contributed by atoms with E-state index in [9.17, 15) is 4.79 Å². The summed E-state index contributed by atoms with van der Waals surface area (Å²) < 4.78 is 11.6. The average Bonchev–Trinajstić information content (AvgIpc) is 3.03. The minimum Gasteiger partial charge on any atom is -0.481 e. The summed E-state index contributed by atoms with van der Waals surface area (Å²) in [6, 6.07) is 7.72. The molecule has 0 saturated carbocycles. The zero-order valence-corrected chi connectivity index (χ0v) is 13.4. The van der Waals surface area contributed by atoms with Gasteiger partial charge < -0.3 is 19.7 Å². The Morgan fingerprint density at radius 1 is 1.17 bits per heavy atom. The highest BCUT2D eigenvalue weighted by Gasteiger charge is 2.39. The highest BCUT2D eigenvalue weighted by atomic mass is 16.5. The van der Waals surface area contributed by atoms with Crippen LogP contribution in [-0.4, -0.2) is 42.7 Å². The molecule has 0 radical (unpaired) electrons. The Balaban J connectivity index is 1.78. The normalized spacial score (nSPS) is 25.7. The van der Waals surface area contributed by atoms with Crippen LogP contribution in [0.4, 0.5) is 5.69 Å². The molecule has 3 aliphatic heterocycles. The third-order valence-corrected chi connectivity index (χ3v) is 4.52. The molecule has 1 aromatic rings. The highest BCUT2D eigenvalue weighted by molar-refractivity contribution is 6.32. The molecule has 3 aliphatic rings. The van der Waals surface area contributed by atoms with Crippen LogP contribution in [0, 0.1) is 0 Å². The lowest BCUT2D eigenvalue weighted by molar-refractivity contribution is -0.111. The van der Waals surface area contributed by atoms with Crippen LogP contribution in [0.1, 0.15) is 19.4 Å². The van der Waals surface area contributed by atoms with Crippen LogP contribution in [0.3, 0.4) is 0 Å². The molecule has 1 N–H and O–H groups in total. The molecule has 0 aromatic heterocycles. The maximum Gasteiger partial charge on any atom is 0.260 e. The molecule has 1 amide bonds. The average molecular weight is 312 g/mol. The number of ether oxygens (including phenoxy) is 2. The first-order valence-electron chi connectivity index (χ1n) is 7.95. The Bertz CT molecular complexity index is 728. The van der Waals surface area contributed by atoms with Crippen molar-refractivity contribution in [2.45, 2.75) is 19.4 Å². The lowest BCUT2D eigenvalue weighted by atomic mass is 10.0. The minimum absolute atomic E-state index is 0.100. The van der Waals surface area contributed by atoms with Crippen LogP contribution in [-0.2, 0) is 14.3 Å². The summed E-state index contributed by atoms with van der Waals surface area (Å²) in [5, 5.41) is 2.91. The number of benzene rings is 1. The second-order valence-corrected chi connectivity index (χ2v) is 6.48. The number of para-hydroxylation sites is 1. The standard InChI is InChI=1S/C18H20N2O3/c1-18(2)15(20-7-9-22-10-8-20)11-14(23-18)16-12-5-3-4-6-13(12)19-17(16)21/h3-6,11H,7-10H2,1-2H3,(H,19,21)/b16-14+. The zero-order chi connectivity index (χ0) is 16.0. The third-order valence-electron chi connectivity index (χ3n) is 4.52. The number of morpholine rings is 1. The minimum atomic E-state index is -0.447. The molecule has 0 spiro atoms. The van der Waals surface area contributed by atoms with Crippen LogP contribution < -0.4 is 5.32 Å². The van der Waals surface area contributed by atoms with Crippen molar-refractivity contribution in [3.05, 3.63) is 47.4 Å². The molecule has 0 bridgehead atoms. The predicted molar refractivity (Wildman–Crippen MR) is 87.6 cm³/mol. The first-order chi connectivity index (χ1) is 11.1. The van der Waals surface area contributed by atoms with Crippen molar-refractivity contribution in [1.29, 1.82) is 0 Å². The van der Waals surface area contributed by atoms with Gasteiger partial charge in [-0.25, -0.2) is 0 Å². The second-order valence-electron chi connectivity index (χ2n) is 6.48. The van der Waals surface area contributed by atoms with Gasteiger partial charge in [-0.05, 0) is 19.9 Å². The fraction of sp³-hybridized carbons (Fsp3) is 0.389. The molecule has 4 rings (SSSR count). The molecule has 5 nitrogen and oxygen atoms in total.